The van der Waals surface area contributed by atoms with E-state index in [0.29, 0.717) is 0 Å². The topological polar surface area (TPSA) is 101 Å². The van der Waals surface area contributed by atoms with E-state index in [1.807, 2.05) is 0 Å². The smallest absolute Gasteiger partial charge is 0.331 e. The lowest BCUT2D eigenvalue weighted by molar-refractivity contribution is -0.145. The van der Waals surface area contributed by atoms with E-state index in [0.717, 1.165) is 0 Å². The third-order valence-electron chi connectivity index (χ3n) is 2.17. The van der Waals surface area contributed by atoms with Crippen molar-refractivity contribution in [3.63, 3.8) is 0 Å². The summed E-state index contributed by atoms with van der Waals surface area (Å²) in [5.41, 5.74) is -0.374. The van der Waals surface area contributed by atoms with Gasteiger partial charge in [0.1, 0.15) is 0 Å². The van der Waals surface area contributed by atoms with Crippen molar-refractivity contribution in [2.45, 2.75) is 26.2 Å². The molecule has 6 heteroatoms. The predicted octanol–water partition coefficient (Wildman–Crippen LogP) is 1.06. The number of esters is 1. The third kappa shape index (κ3) is 5.70. The largest absolute Gasteiger partial charge is 0.481 e. The van der Waals surface area contributed by atoms with Crippen LogP contribution in [-0.4, -0.2) is 34.7 Å². The fourth-order valence-corrected chi connectivity index (χ4v) is 1.28. The summed E-state index contributed by atoms with van der Waals surface area (Å²) in [6, 6.07) is 0. The summed E-state index contributed by atoms with van der Waals surface area (Å²) >= 11 is 0. The maximum atomic E-state index is 11.0. The van der Waals surface area contributed by atoms with Crippen LogP contribution in [0, 0.1) is 5.92 Å². The van der Waals surface area contributed by atoms with Gasteiger partial charge in [0.15, 0.2) is 0 Å². The first-order valence-electron chi connectivity index (χ1n) is 5.20. The molecule has 0 aromatic heterocycles. The maximum Gasteiger partial charge on any atom is 0.331 e. The number of rotatable bonds is 8. The fourth-order valence-electron chi connectivity index (χ4n) is 1.28. The van der Waals surface area contributed by atoms with Gasteiger partial charge in [0.25, 0.3) is 0 Å². The quantitative estimate of drug-likeness (QED) is 0.489. The highest BCUT2D eigenvalue weighted by atomic mass is 16.5. The summed E-state index contributed by atoms with van der Waals surface area (Å²) in [4.78, 5) is 32.4. The molecular formula is C11H16O6. The minimum atomic E-state index is -1.34. The lowest BCUT2D eigenvalue weighted by atomic mass is 9.94. The van der Waals surface area contributed by atoms with Gasteiger partial charge in [0, 0.05) is 12.0 Å². The van der Waals surface area contributed by atoms with Crippen molar-refractivity contribution in [1.29, 1.82) is 0 Å². The van der Waals surface area contributed by atoms with Crippen molar-refractivity contribution in [2.24, 2.45) is 5.92 Å². The molecule has 0 aromatic carbocycles. The molecule has 2 N–H and O–H groups in total. The minimum Gasteiger partial charge on any atom is -0.481 e. The van der Waals surface area contributed by atoms with Gasteiger partial charge in [-0.1, -0.05) is 6.58 Å². The SMILES string of the molecule is C=C(C(=O)O)C(CCCC(=O)OCC)C(=O)O. The summed E-state index contributed by atoms with van der Waals surface area (Å²) < 4.78 is 4.67. The molecule has 1 atom stereocenters. The Balaban J connectivity index is 4.20. The number of carbonyl (C=O) groups is 3. The van der Waals surface area contributed by atoms with E-state index >= 15 is 0 Å². The van der Waals surface area contributed by atoms with E-state index < -0.39 is 23.8 Å². The van der Waals surface area contributed by atoms with Gasteiger partial charge in [-0.05, 0) is 19.8 Å². The van der Waals surface area contributed by atoms with Gasteiger partial charge < -0.3 is 14.9 Å². The molecule has 0 rings (SSSR count). The van der Waals surface area contributed by atoms with E-state index in [2.05, 4.69) is 11.3 Å². The van der Waals surface area contributed by atoms with E-state index in [-0.39, 0.29) is 31.4 Å². The number of hydrogen-bond donors (Lipinski definition) is 2. The Kier molecular flexibility index (Phi) is 6.62. The summed E-state index contributed by atoms with van der Waals surface area (Å²) in [5, 5.41) is 17.5. The average Bonchev–Trinajstić information content (AvgIpc) is 2.23. The van der Waals surface area contributed by atoms with Gasteiger partial charge in [0.05, 0.1) is 12.5 Å². The predicted molar refractivity (Wildman–Crippen MR) is 58.4 cm³/mol. The molecular weight excluding hydrogens is 228 g/mol. The number of carboxylic acid groups (broad SMARTS) is 2. The molecule has 0 bridgehead atoms. The number of ether oxygens (including phenoxy) is 1. The molecule has 96 valence electrons. The Morgan fingerprint density at radius 3 is 2.29 bits per heavy atom. The molecule has 17 heavy (non-hydrogen) atoms. The molecule has 0 aromatic rings. The first-order valence-corrected chi connectivity index (χ1v) is 5.20. The van der Waals surface area contributed by atoms with Crippen LogP contribution in [0.2, 0.25) is 0 Å². The van der Waals surface area contributed by atoms with Gasteiger partial charge in [-0.3, -0.25) is 9.59 Å². The standard InChI is InChI=1S/C11H16O6/c1-3-17-9(12)6-4-5-8(11(15)16)7(2)10(13)14/h8H,2-6H2,1H3,(H,13,14)(H,15,16). The molecule has 0 aliphatic rings. The molecule has 0 spiro atoms. The zero-order valence-corrected chi connectivity index (χ0v) is 9.64. The number of carboxylic acids is 2. The molecule has 0 saturated carbocycles. The molecule has 0 saturated heterocycles. The van der Waals surface area contributed by atoms with Crippen LogP contribution in [0.25, 0.3) is 0 Å². The molecule has 0 fully saturated rings. The van der Waals surface area contributed by atoms with Gasteiger partial charge in [0.2, 0.25) is 0 Å². The molecule has 0 aliphatic carbocycles. The summed E-state index contributed by atoms with van der Waals surface area (Å²) in [7, 11) is 0. The zero-order valence-electron chi connectivity index (χ0n) is 9.64. The van der Waals surface area contributed by atoms with Crippen molar-refractivity contribution in [3.05, 3.63) is 12.2 Å². The Morgan fingerprint density at radius 1 is 1.29 bits per heavy atom. The van der Waals surface area contributed by atoms with E-state index in [4.69, 9.17) is 10.2 Å². The maximum absolute atomic E-state index is 11.0. The van der Waals surface area contributed by atoms with Crippen molar-refractivity contribution >= 4 is 17.9 Å². The second-order valence-corrected chi connectivity index (χ2v) is 3.42. The van der Waals surface area contributed by atoms with E-state index in [9.17, 15) is 14.4 Å². The second-order valence-electron chi connectivity index (χ2n) is 3.42. The van der Waals surface area contributed by atoms with Crippen LogP contribution >= 0.6 is 0 Å². The van der Waals surface area contributed by atoms with Gasteiger partial charge in [-0.2, -0.15) is 0 Å². The summed E-state index contributed by atoms with van der Waals surface area (Å²) in [6.45, 7) is 5.15. The average molecular weight is 244 g/mol. The van der Waals surface area contributed by atoms with Gasteiger partial charge >= 0.3 is 17.9 Å². The first kappa shape index (κ1) is 15.2. The van der Waals surface area contributed by atoms with Crippen molar-refractivity contribution in [1.82, 2.24) is 0 Å². The summed E-state index contributed by atoms with van der Waals surface area (Å²) in [5.74, 6) is -4.17. The molecule has 1 unspecified atom stereocenters. The lowest BCUT2D eigenvalue weighted by Gasteiger charge is -2.11. The van der Waals surface area contributed by atoms with Crippen LogP contribution in [0.5, 0.6) is 0 Å². The van der Waals surface area contributed by atoms with Crippen molar-refractivity contribution in [3.8, 4) is 0 Å². The monoisotopic (exact) mass is 244 g/mol. The Morgan fingerprint density at radius 2 is 1.88 bits per heavy atom. The Hall–Kier alpha value is -1.85. The highest BCUT2D eigenvalue weighted by Crippen LogP contribution is 2.17. The first-order chi connectivity index (χ1) is 7.90. The zero-order chi connectivity index (χ0) is 13.4. The van der Waals surface area contributed by atoms with Gasteiger partial charge in [-0.15, -0.1) is 0 Å². The third-order valence-corrected chi connectivity index (χ3v) is 2.17. The van der Waals surface area contributed by atoms with Crippen molar-refractivity contribution in [2.75, 3.05) is 6.61 Å². The van der Waals surface area contributed by atoms with Crippen molar-refractivity contribution < 1.29 is 29.3 Å². The molecule has 0 heterocycles. The molecule has 0 radical (unpaired) electrons. The summed E-state index contributed by atoms with van der Waals surface area (Å²) in [6.07, 6.45) is 0.381. The van der Waals surface area contributed by atoms with Crippen LogP contribution < -0.4 is 0 Å². The Labute approximate surface area is 98.9 Å². The number of aliphatic carboxylic acids is 2. The van der Waals surface area contributed by atoms with Crippen LogP contribution in [0.1, 0.15) is 26.2 Å². The van der Waals surface area contributed by atoms with Crippen LogP contribution in [0.4, 0.5) is 0 Å². The number of hydrogen-bond acceptors (Lipinski definition) is 4. The van der Waals surface area contributed by atoms with Crippen LogP contribution in [0.3, 0.4) is 0 Å². The van der Waals surface area contributed by atoms with Crippen LogP contribution in [-0.2, 0) is 19.1 Å². The fraction of sp³-hybridized carbons (Fsp3) is 0.545. The second kappa shape index (κ2) is 7.43. The molecule has 0 aliphatic heterocycles. The lowest BCUT2D eigenvalue weighted by Crippen LogP contribution is -2.21. The van der Waals surface area contributed by atoms with Crippen LogP contribution in [0.15, 0.2) is 12.2 Å². The molecule has 0 amide bonds. The Bertz CT molecular complexity index is 320. The highest BCUT2D eigenvalue weighted by Gasteiger charge is 2.25. The number of carbonyl (C=O) groups excluding carboxylic acids is 1. The van der Waals surface area contributed by atoms with Gasteiger partial charge in [-0.25, -0.2) is 4.79 Å². The minimum absolute atomic E-state index is 0.0548. The van der Waals surface area contributed by atoms with E-state index in [1.54, 1.807) is 6.92 Å². The normalized spacial score (nSPS) is 11.6. The highest BCUT2D eigenvalue weighted by molar-refractivity contribution is 5.93. The van der Waals surface area contributed by atoms with E-state index in [1.165, 1.54) is 0 Å². The molecule has 6 nitrogen and oxygen atoms in total.